The van der Waals surface area contributed by atoms with Gasteiger partial charge in [0.05, 0.1) is 4.90 Å². The van der Waals surface area contributed by atoms with Crippen LogP contribution in [0.25, 0.3) is 0 Å². The van der Waals surface area contributed by atoms with E-state index in [4.69, 9.17) is 0 Å². The summed E-state index contributed by atoms with van der Waals surface area (Å²) in [6.45, 7) is 0.825. The molecule has 6 nitrogen and oxygen atoms in total. The summed E-state index contributed by atoms with van der Waals surface area (Å²) in [6, 6.07) is 11.0. The number of benzene rings is 2. The van der Waals surface area contributed by atoms with Crippen molar-refractivity contribution in [2.45, 2.75) is 4.90 Å². The summed E-state index contributed by atoms with van der Waals surface area (Å²) in [5.41, 5.74) is 0.614. The highest BCUT2D eigenvalue weighted by atomic mass is 32.2. The van der Waals surface area contributed by atoms with E-state index >= 15 is 0 Å². The lowest BCUT2D eigenvalue weighted by Gasteiger charge is -2.11. The number of rotatable bonds is 7. The Morgan fingerprint density at radius 3 is 2.44 bits per heavy atom. The maximum absolute atomic E-state index is 12.9. The van der Waals surface area contributed by atoms with Crippen molar-refractivity contribution in [1.29, 1.82) is 0 Å². The second-order valence-electron chi connectivity index (χ2n) is 5.69. The number of amides is 1. The summed E-state index contributed by atoms with van der Waals surface area (Å²) < 4.78 is 39.9. The molecule has 0 radical (unpaired) electrons. The van der Waals surface area contributed by atoms with Crippen molar-refractivity contribution in [3.8, 4) is 0 Å². The van der Waals surface area contributed by atoms with Gasteiger partial charge in [0.2, 0.25) is 10.0 Å². The number of sulfonamides is 1. The molecule has 0 spiro atoms. The number of nitrogens with zero attached hydrogens (tertiary/aromatic N) is 1. The molecule has 2 aromatic rings. The Kier molecular flexibility index (Phi) is 6.24. The van der Waals surface area contributed by atoms with E-state index in [-0.39, 0.29) is 17.0 Å². The van der Waals surface area contributed by atoms with Crippen LogP contribution in [-0.4, -0.2) is 46.4 Å². The van der Waals surface area contributed by atoms with E-state index < -0.39 is 21.7 Å². The third-order valence-corrected chi connectivity index (χ3v) is 4.82. The highest BCUT2D eigenvalue weighted by Crippen LogP contribution is 2.14. The fourth-order valence-corrected chi connectivity index (χ4v) is 3.09. The zero-order chi connectivity index (χ0) is 18.4. The molecular weight excluding hydrogens is 345 g/mol. The van der Waals surface area contributed by atoms with Crippen LogP contribution >= 0.6 is 0 Å². The van der Waals surface area contributed by atoms with Crippen molar-refractivity contribution in [2.24, 2.45) is 0 Å². The van der Waals surface area contributed by atoms with Gasteiger partial charge in [-0.05, 0) is 56.6 Å². The smallest absolute Gasteiger partial charge is 0.255 e. The second-order valence-corrected chi connectivity index (χ2v) is 7.46. The zero-order valence-electron chi connectivity index (χ0n) is 14.0. The average Bonchev–Trinajstić information content (AvgIpc) is 2.56. The van der Waals surface area contributed by atoms with Crippen molar-refractivity contribution in [3.63, 3.8) is 0 Å². The van der Waals surface area contributed by atoms with Gasteiger partial charge < -0.3 is 10.2 Å². The van der Waals surface area contributed by atoms with Crippen LogP contribution in [0.5, 0.6) is 0 Å². The number of likely N-dealkylation sites (N-methyl/N-ethyl adjacent to an activating group) is 1. The molecule has 0 aliphatic heterocycles. The fourth-order valence-electron chi connectivity index (χ4n) is 2.03. The van der Waals surface area contributed by atoms with Crippen LogP contribution in [0.2, 0.25) is 0 Å². The van der Waals surface area contributed by atoms with Crippen molar-refractivity contribution < 1.29 is 17.6 Å². The van der Waals surface area contributed by atoms with Crippen LogP contribution in [0.15, 0.2) is 53.4 Å². The molecule has 0 saturated carbocycles. The highest BCUT2D eigenvalue weighted by molar-refractivity contribution is 7.89. The maximum Gasteiger partial charge on any atom is 0.255 e. The van der Waals surface area contributed by atoms with E-state index in [1.54, 1.807) is 0 Å². The molecule has 0 unspecified atom stereocenters. The molecule has 2 N–H and O–H groups in total. The van der Waals surface area contributed by atoms with Crippen LogP contribution in [0.4, 0.5) is 10.1 Å². The van der Waals surface area contributed by atoms with Crippen molar-refractivity contribution >= 4 is 21.6 Å². The van der Waals surface area contributed by atoms with E-state index in [1.807, 2.05) is 19.0 Å². The third kappa shape index (κ3) is 5.63. The topological polar surface area (TPSA) is 78.5 Å². The SMILES string of the molecule is CN(C)CCNS(=O)(=O)c1cccc(C(=O)Nc2ccc(F)cc2)c1. The Morgan fingerprint density at radius 1 is 1.12 bits per heavy atom. The first-order valence-corrected chi connectivity index (χ1v) is 9.07. The second kappa shape index (κ2) is 8.19. The Labute approximate surface area is 146 Å². The number of anilines is 1. The first kappa shape index (κ1) is 19.0. The molecule has 1 amide bonds. The molecular formula is C17H20FN3O3S. The average molecular weight is 365 g/mol. The molecule has 8 heteroatoms. The lowest BCUT2D eigenvalue weighted by atomic mass is 10.2. The quantitative estimate of drug-likeness (QED) is 0.786. The number of carbonyl (C=O) groups excluding carboxylic acids is 1. The maximum atomic E-state index is 12.9. The molecule has 0 atom stereocenters. The van der Waals surface area contributed by atoms with Gasteiger partial charge in [-0.2, -0.15) is 0 Å². The molecule has 0 aliphatic carbocycles. The minimum Gasteiger partial charge on any atom is -0.322 e. The Balaban J connectivity index is 2.11. The Bertz CT molecular complexity index is 836. The van der Waals surface area contributed by atoms with Gasteiger partial charge in [0.1, 0.15) is 5.82 Å². The normalized spacial score (nSPS) is 11.5. The standard InChI is InChI=1S/C17H20FN3O3S/c1-21(2)11-10-19-25(23,24)16-5-3-4-13(12-16)17(22)20-15-8-6-14(18)7-9-15/h3-9,12,19H,10-11H2,1-2H3,(H,20,22). The molecule has 0 bridgehead atoms. The van der Waals surface area contributed by atoms with E-state index in [1.165, 1.54) is 48.5 Å². The van der Waals surface area contributed by atoms with Crippen LogP contribution in [0.3, 0.4) is 0 Å². The van der Waals surface area contributed by atoms with Crippen molar-refractivity contribution in [1.82, 2.24) is 9.62 Å². The van der Waals surface area contributed by atoms with Gasteiger partial charge in [0.25, 0.3) is 5.91 Å². The van der Waals surface area contributed by atoms with E-state index in [2.05, 4.69) is 10.0 Å². The highest BCUT2D eigenvalue weighted by Gasteiger charge is 2.16. The fraction of sp³-hybridized carbons (Fsp3) is 0.235. The summed E-state index contributed by atoms with van der Waals surface area (Å²) in [4.78, 5) is 14.1. The van der Waals surface area contributed by atoms with Gasteiger partial charge in [0.15, 0.2) is 0 Å². The van der Waals surface area contributed by atoms with Gasteiger partial charge in [0, 0.05) is 24.3 Å². The number of hydrogen-bond acceptors (Lipinski definition) is 4. The van der Waals surface area contributed by atoms with E-state index in [0.717, 1.165) is 0 Å². The molecule has 0 heterocycles. The number of carbonyl (C=O) groups is 1. The molecule has 134 valence electrons. The molecule has 0 aromatic heterocycles. The molecule has 0 fully saturated rings. The van der Waals surface area contributed by atoms with Crippen LogP contribution in [-0.2, 0) is 10.0 Å². The summed E-state index contributed by atoms with van der Waals surface area (Å²) in [6.07, 6.45) is 0. The van der Waals surface area contributed by atoms with E-state index in [9.17, 15) is 17.6 Å². The predicted octanol–water partition coefficient (Wildman–Crippen LogP) is 1.92. The first-order chi connectivity index (χ1) is 11.8. The summed E-state index contributed by atoms with van der Waals surface area (Å²) in [7, 11) is -0.0128. The number of halogens is 1. The minimum atomic E-state index is -3.70. The molecule has 2 aromatic carbocycles. The van der Waals surface area contributed by atoms with Gasteiger partial charge in [-0.15, -0.1) is 0 Å². The summed E-state index contributed by atoms with van der Waals surface area (Å²) >= 11 is 0. The lowest BCUT2D eigenvalue weighted by Crippen LogP contribution is -2.31. The first-order valence-electron chi connectivity index (χ1n) is 7.59. The monoisotopic (exact) mass is 365 g/mol. The van der Waals surface area contributed by atoms with Gasteiger partial charge in [-0.25, -0.2) is 17.5 Å². The van der Waals surface area contributed by atoms with Gasteiger partial charge in [-0.3, -0.25) is 4.79 Å². The minimum absolute atomic E-state index is 0.0120. The third-order valence-electron chi connectivity index (χ3n) is 3.36. The molecule has 0 saturated heterocycles. The molecule has 25 heavy (non-hydrogen) atoms. The molecule has 2 rings (SSSR count). The van der Waals surface area contributed by atoms with Crippen LogP contribution < -0.4 is 10.0 Å². The van der Waals surface area contributed by atoms with Crippen LogP contribution in [0, 0.1) is 5.82 Å². The molecule has 0 aliphatic rings. The summed E-state index contributed by atoms with van der Waals surface area (Å²) in [5.74, 6) is -0.883. The Morgan fingerprint density at radius 2 is 1.80 bits per heavy atom. The van der Waals surface area contributed by atoms with Gasteiger partial charge in [-0.1, -0.05) is 6.07 Å². The Hall–Kier alpha value is -2.29. The summed E-state index contributed by atoms with van der Waals surface area (Å²) in [5, 5.41) is 2.59. The van der Waals surface area contributed by atoms with Crippen molar-refractivity contribution in [2.75, 3.05) is 32.5 Å². The zero-order valence-corrected chi connectivity index (χ0v) is 14.8. The van der Waals surface area contributed by atoms with E-state index in [0.29, 0.717) is 12.2 Å². The van der Waals surface area contributed by atoms with Gasteiger partial charge >= 0.3 is 0 Å². The number of hydrogen-bond donors (Lipinski definition) is 2. The largest absolute Gasteiger partial charge is 0.322 e. The van der Waals surface area contributed by atoms with Crippen LogP contribution in [0.1, 0.15) is 10.4 Å². The predicted molar refractivity (Wildman–Crippen MR) is 94.5 cm³/mol. The number of nitrogens with one attached hydrogen (secondary N) is 2. The van der Waals surface area contributed by atoms with Crippen molar-refractivity contribution in [3.05, 3.63) is 59.9 Å². The lowest BCUT2D eigenvalue weighted by molar-refractivity contribution is 0.102.